The van der Waals surface area contributed by atoms with Crippen LogP contribution in [0.15, 0.2) is 84.9 Å². The van der Waals surface area contributed by atoms with Crippen LogP contribution in [0.1, 0.15) is 20.7 Å². The molecule has 32 heavy (non-hydrogen) atoms. The van der Waals surface area contributed by atoms with Crippen molar-refractivity contribution in [1.82, 2.24) is 10.2 Å². The summed E-state index contributed by atoms with van der Waals surface area (Å²) in [6, 6.07) is 26.2. The molecule has 2 N–H and O–H groups in total. The van der Waals surface area contributed by atoms with E-state index < -0.39 is 0 Å². The molecule has 0 aliphatic carbocycles. The first-order valence-corrected chi connectivity index (χ1v) is 10.9. The van der Waals surface area contributed by atoms with Crippen LogP contribution in [0.4, 0.5) is 11.4 Å². The molecule has 1 fully saturated rings. The molecule has 1 heterocycles. The van der Waals surface area contributed by atoms with E-state index in [-0.39, 0.29) is 16.9 Å². The van der Waals surface area contributed by atoms with Gasteiger partial charge in [-0.3, -0.25) is 14.9 Å². The van der Waals surface area contributed by atoms with Gasteiger partial charge in [0, 0.05) is 48.7 Å². The Hall–Kier alpha value is -3.71. The molecule has 0 atom stereocenters. The Morgan fingerprint density at radius 3 is 1.88 bits per heavy atom. The van der Waals surface area contributed by atoms with Gasteiger partial charge in [0.15, 0.2) is 5.11 Å². The molecule has 7 heteroatoms. The summed E-state index contributed by atoms with van der Waals surface area (Å²) in [6.07, 6.45) is 0. The van der Waals surface area contributed by atoms with Crippen LogP contribution in [-0.2, 0) is 0 Å². The van der Waals surface area contributed by atoms with Gasteiger partial charge >= 0.3 is 0 Å². The number of nitrogens with one attached hydrogen (secondary N) is 2. The number of carbonyl (C=O) groups excluding carboxylic acids is 2. The molecule has 162 valence electrons. The van der Waals surface area contributed by atoms with Crippen LogP contribution in [0.5, 0.6) is 0 Å². The number of anilines is 2. The highest BCUT2D eigenvalue weighted by atomic mass is 32.1. The zero-order valence-electron chi connectivity index (χ0n) is 17.5. The number of benzene rings is 3. The molecule has 4 rings (SSSR count). The number of rotatable bonds is 4. The van der Waals surface area contributed by atoms with E-state index in [4.69, 9.17) is 12.2 Å². The maximum absolute atomic E-state index is 12.6. The largest absolute Gasteiger partial charge is 0.368 e. The summed E-state index contributed by atoms with van der Waals surface area (Å²) in [6.45, 7) is 2.92. The van der Waals surface area contributed by atoms with E-state index in [1.54, 1.807) is 12.1 Å². The van der Waals surface area contributed by atoms with Crippen molar-refractivity contribution < 1.29 is 9.59 Å². The maximum atomic E-state index is 12.6. The Bertz CT molecular complexity index is 1080. The van der Waals surface area contributed by atoms with Crippen LogP contribution >= 0.6 is 12.2 Å². The Morgan fingerprint density at radius 1 is 0.719 bits per heavy atom. The average Bonchev–Trinajstić information content (AvgIpc) is 2.85. The molecular formula is C25H24N4O2S. The zero-order valence-corrected chi connectivity index (χ0v) is 18.3. The van der Waals surface area contributed by atoms with E-state index >= 15 is 0 Å². The van der Waals surface area contributed by atoms with Crippen molar-refractivity contribution >= 4 is 40.5 Å². The molecule has 1 aliphatic rings. The van der Waals surface area contributed by atoms with Gasteiger partial charge in [-0.05, 0) is 60.7 Å². The number of thiocarbonyl (C=S) groups is 1. The van der Waals surface area contributed by atoms with Crippen molar-refractivity contribution in [3.8, 4) is 0 Å². The third kappa shape index (κ3) is 5.31. The Labute approximate surface area is 192 Å². The minimum atomic E-state index is -0.248. The second kappa shape index (κ2) is 10.1. The SMILES string of the molecule is O=C(NC(=S)Nc1ccc(N2CCN(C(=O)c3ccccc3)CC2)cc1)c1ccccc1. The Kier molecular flexibility index (Phi) is 6.77. The van der Waals surface area contributed by atoms with Crippen molar-refractivity contribution in [2.75, 3.05) is 36.4 Å². The van der Waals surface area contributed by atoms with Crippen molar-refractivity contribution in [3.63, 3.8) is 0 Å². The van der Waals surface area contributed by atoms with Crippen LogP contribution in [0, 0.1) is 0 Å². The first-order chi connectivity index (χ1) is 15.6. The first kappa shape index (κ1) is 21.5. The summed E-state index contributed by atoms with van der Waals surface area (Å²) in [7, 11) is 0. The smallest absolute Gasteiger partial charge is 0.257 e. The Balaban J connectivity index is 1.28. The highest BCUT2D eigenvalue weighted by Gasteiger charge is 2.22. The lowest BCUT2D eigenvalue weighted by Crippen LogP contribution is -2.48. The molecule has 0 spiro atoms. The minimum Gasteiger partial charge on any atom is -0.368 e. The molecule has 1 saturated heterocycles. The summed E-state index contributed by atoms with van der Waals surface area (Å²) in [5.74, 6) is -0.168. The van der Waals surface area contributed by atoms with Crippen LogP contribution in [-0.4, -0.2) is 48.0 Å². The van der Waals surface area contributed by atoms with Crippen LogP contribution in [0.3, 0.4) is 0 Å². The molecule has 0 radical (unpaired) electrons. The highest BCUT2D eigenvalue weighted by molar-refractivity contribution is 7.80. The summed E-state index contributed by atoms with van der Waals surface area (Å²) in [4.78, 5) is 29.0. The zero-order chi connectivity index (χ0) is 22.3. The molecule has 2 amide bonds. The van der Waals surface area contributed by atoms with Crippen LogP contribution in [0.25, 0.3) is 0 Å². The molecule has 0 bridgehead atoms. The number of hydrogen-bond acceptors (Lipinski definition) is 4. The molecule has 3 aromatic rings. The monoisotopic (exact) mass is 444 g/mol. The van der Waals surface area contributed by atoms with Gasteiger partial charge in [0.05, 0.1) is 0 Å². The van der Waals surface area contributed by atoms with Crippen molar-refractivity contribution in [1.29, 1.82) is 0 Å². The van der Waals surface area contributed by atoms with E-state index in [1.807, 2.05) is 77.7 Å². The second-order valence-corrected chi connectivity index (χ2v) is 7.87. The van der Waals surface area contributed by atoms with Gasteiger partial charge in [-0.15, -0.1) is 0 Å². The average molecular weight is 445 g/mol. The molecule has 0 unspecified atom stereocenters. The second-order valence-electron chi connectivity index (χ2n) is 7.47. The van der Waals surface area contributed by atoms with Gasteiger partial charge in [-0.25, -0.2) is 0 Å². The summed E-state index contributed by atoms with van der Waals surface area (Å²) in [5.41, 5.74) is 3.16. The van der Waals surface area contributed by atoms with Crippen molar-refractivity contribution in [2.24, 2.45) is 0 Å². The summed E-state index contributed by atoms with van der Waals surface area (Å²) >= 11 is 5.26. The van der Waals surface area contributed by atoms with E-state index in [2.05, 4.69) is 15.5 Å². The van der Waals surface area contributed by atoms with E-state index in [0.717, 1.165) is 30.0 Å². The fourth-order valence-corrected chi connectivity index (χ4v) is 3.82. The predicted octanol–water partition coefficient (Wildman–Crippen LogP) is 3.78. The Morgan fingerprint density at radius 2 is 1.28 bits per heavy atom. The van der Waals surface area contributed by atoms with Crippen LogP contribution < -0.4 is 15.5 Å². The lowest BCUT2D eigenvalue weighted by Gasteiger charge is -2.36. The lowest BCUT2D eigenvalue weighted by molar-refractivity contribution is 0.0746. The number of carbonyl (C=O) groups is 2. The van der Waals surface area contributed by atoms with E-state index in [9.17, 15) is 9.59 Å². The molecule has 6 nitrogen and oxygen atoms in total. The number of piperazine rings is 1. The summed E-state index contributed by atoms with van der Waals surface area (Å²) in [5, 5.41) is 5.98. The number of hydrogen-bond donors (Lipinski definition) is 2. The molecule has 1 aliphatic heterocycles. The van der Waals surface area contributed by atoms with Gasteiger partial charge in [-0.2, -0.15) is 0 Å². The van der Waals surface area contributed by atoms with Gasteiger partial charge in [-0.1, -0.05) is 36.4 Å². The standard InChI is InChI=1S/C25H24N4O2S/c30-23(19-7-3-1-4-8-19)27-25(32)26-21-11-13-22(14-12-21)28-15-17-29(18-16-28)24(31)20-9-5-2-6-10-20/h1-14H,15-18H2,(H2,26,27,30,32). The van der Waals surface area contributed by atoms with Gasteiger partial charge in [0.1, 0.15) is 0 Å². The lowest BCUT2D eigenvalue weighted by atomic mass is 10.1. The maximum Gasteiger partial charge on any atom is 0.257 e. The first-order valence-electron chi connectivity index (χ1n) is 10.5. The minimum absolute atomic E-state index is 0.0795. The topological polar surface area (TPSA) is 64.7 Å². The summed E-state index contributed by atoms with van der Waals surface area (Å²) < 4.78 is 0. The van der Waals surface area contributed by atoms with Crippen molar-refractivity contribution in [2.45, 2.75) is 0 Å². The fourth-order valence-electron chi connectivity index (χ4n) is 3.61. The third-order valence-corrected chi connectivity index (χ3v) is 5.55. The number of nitrogens with zero attached hydrogens (tertiary/aromatic N) is 2. The molecule has 0 aromatic heterocycles. The predicted molar refractivity (Wildman–Crippen MR) is 131 cm³/mol. The molecule has 3 aromatic carbocycles. The molecular weight excluding hydrogens is 420 g/mol. The van der Waals surface area contributed by atoms with E-state index in [1.165, 1.54) is 0 Å². The fraction of sp³-hybridized carbons (Fsp3) is 0.160. The third-order valence-electron chi connectivity index (χ3n) is 5.34. The van der Waals surface area contributed by atoms with E-state index in [0.29, 0.717) is 18.7 Å². The number of amides is 2. The normalized spacial score (nSPS) is 13.4. The highest BCUT2D eigenvalue weighted by Crippen LogP contribution is 2.20. The van der Waals surface area contributed by atoms with Gasteiger partial charge in [0.2, 0.25) is 0 Å². The molecule has 0 saturated carbocycles. The van der Waals surface area contributed by atoms with Gasteiger partial charge in [0.25, 0.3) is 11.8 Å². The van der Waals surface area contributed by atoms with Crippen molar-refractivity contribution in [3.05, 3.63) is 96.1 Å². The quantitative estimate of drug-likeness (QED) is 0.600. The van der Waals surface area contributed by atoms with Crippen LogP contribution in [0.2, 0.25) is 0 Å². The van der Waals surface area contributed by atoms with Gasteiger partial charge < -0.3 is 15.1 Å².